The van der Waals surface area contributed by atoms with Gasteiger partial charge in [0.1, 0.15) is 5.82 Å². The largest absolute Gasteiger partial charge is 0.370 e. The normalized spacial score (nSPS) is 29.0. The van der Waals surface area contributed by atoms with E-state index in [1.54, 1.807) is 12.1 Å². The van der Waals surface area contributed by atoms with Crippen LogP contribution >= 0.6 is 0 Å². The summed E-state index contributed by atoms with van der Waals surface area (Å²) in [5.41, 5.74) is 0.888. The number of morpholine rings is 1. The molecular formula is C13H18FNO. The van der Waals surface area contributed by atoms with Crippen LogP contribution in [0.3, 0.4) is 0 Å². The highest BCUT2D eigenvalue weighted by Gasteiger charge is 2.33. The summed E-state index contributed by atoms with van der Waals surface area (Å²) < 4.78 is 18.9. The van der Waals surface area contributed by atoms with E-state index < -0.39 is 0 Å². The van der Waals surface area contributed by atoms with Crippen molar-refractivity contribution in [1.82, 2.24) is 5.32 Å². The van der Waals surface area contributed by atoms with Crippen molar-refractivity contribution < 1.29 is 9.13 Å². The van der Waals surface area contributed by atoms with Crippen molar-refractivity contribution >= 4 is 0 Å². The molecule has 1 aromatic rings. The van der Waals surface area contributed by atoms with Gasteiger partial charge in [-0.05, 0) is 38.5 Å². The molecule has 0 bridgehead atoms. The molecule has 0 unspecified atom stereocenters. The smallest absolute Gasteiger partial charge is 0.123 e. The Labute approximate surface area is 95.8 Å². The van der Waals surface area contributed by atoms with Crippen molar-refractivity contribution in [3.63, 3.8) is 0 Å². The van der Waals surface area contributed by atoms with Gasteiger partial charge < -0.3 is 10.1 Å². The Morgan fingerprint density at radius 2 is 2.19 bits per heavy atom. The number of nitrogens with one attached hydrogen (secondary N) is 1. The molecule has 1 fully saturated rings. The third kappa shape index (κ3) is 2.42. The molecule has 3 heteroatoms. The maximum Gasteiger partial charge on any atom is 0.123 e. The van der Waals surface area contributed by atoms with Crippen LogP contribution in [0.25, 0.3) is 0 Å². The van der Waals surface area contributed by atoms with Gasteiger partial charge in [-0.1, -0.05) is 12.1 Å². The summed E-state index contributed by atoms with van der Waals surface area (Å²) in [6, 6.07) is 6.81. The zero-order valence-corrected chi connectivity index (χ0v) is 9.96. The Kier molecular flexibility index (Phi) is 3.00. The Morgan fingerprint density at radius 1 is 1.44 bits per heavy atom. The summed E-state index contributed by atoms with van der Waals surface area (Å²) in [6.07, 6.45) is -0.0660. The fraction of sp³-hybridized carbons (Fsp3) is 0.538. The van der Waals surface area contributed by atoms with Crippen LogP contribution in [0.2, 0.25) is 0 Å². The molecular weight excluding hydrogens is 205 g/mol. The first-order valence-electron chi connectivity index (χ1n) is 5.63. The second-order valence-electron chi connectivity index (χ2n) is 5.10. The molecule has 0 radical (unpaired) electrons. The molecule has 0 amide bonds. The fourth-order valence-corrected chi connectivity index (χ4v) is 2.24. The fourth-order valence-electron chi connectivity index (χ4n) is 2.24. The first-order valence-corrected chi connectivity index (χ1v) is 5.63. The van der Waals surface area contributed by atoms with E-state index >= 15 is 0 Å². The molecule has 2 nitrogen and oxygen atoms in total. The topological polar surface area (TPSA) is 21.3 Å². The standard InChI is InChI=1S/C13H18FNO/c1-9-12(16-8-13(2,3)15-9)10-5-4-6-11(14)7-10/h4-7,9,12,15H,8H2,1-3H3/t9-,12+/m0/s1. The van der Waals surface area contributed by atoms with Crippen LogP contribution in [0, 0.1) is 5.82 Å². The van der Waals surface area contributed by atoms with E-state index in [1.807, 2.05) is 6.07 Å². The molecule has 0 saturated carbocycles. The minimum Gasteiger partial charge on any atom is -0.370 e. The maximum absolute atomic E-state index is 13.1. The predicted molar refractivity (Wildman–Crippen MR) is 61.8 cm³/mol. The third-order valence-corrected chi connectivity index (χ3v) is 2.87. The second-order valence-corrected chi connectivity index (χ2v) is 5.10. The van der Waals surface area contributed by atoms with Crippen LogP contribution in [0.1, 0.15) is 32.4 Å². The van der Waals surface area contributed by atoms with Gasteiger partial charge in [-0.3, -0.25) is 0 Å². The lowest BCUT2D eigenvalue weighted by Crippen LogP contribution is -2.55. The van der Waals surface area contributed by atoms with Crippen LogP contribution in [0.4, 0.5) is 4.39 Å². The van der Waals surface area contributed by atoms with E-state index in [2.05, 4.69) is 26.1 Å². The minimum atomic E-state index is -0.210. The zero-order valence-electron chi connectivity index (χ0n) is 9.96. The molecule has 16 heavy (non-hydrogen) atoms. The van der Waals surface area contributed by atoms with E-state index in [0.717, 1.165) is 5.56 Å². The van der Waals surface area contributed by atoms with Crippen LogP contribution in [0.15, 0.2) is 24.3 Å². The Bertz CT molecular complexity index is 378. The maximum atomic E-state index is 13.1. The van der Waals surface area contributed by atoms with Gasteiger partial charge >= 0.3 is 0 Å². The van der Waals surface area contributed by atoms with E-state index in [0.29, 0.717) is 6.61 Å². The van der Waals surface area contributed by atoms with Gasteiger partial charge in [0, 0.05) is 11.6 Å². The van der Waals surface area contributed by atoms with Crippen LogP contribution in [-0.4, -0.2) is 18.2 Å². The van der Waals surface area contributed by atoms with Gasteiger partial charge in [-0.25, -0.2) is 4.39 Å². The van der Waals surface area contributed by atoms with Gasteiger partial charge in [-0.2, -0.15) is 0 Å². The molecule has 2 rings (SSSR count). The highest BCUT2D eigenvalue weighted by Crippen LogP contribution is 2.28. The number of halogens is 1. The van der Waals surface area contributed by atoms with Gasteiger partial charge in [0.2, 0.25) is 0 Å². The Morgan fingerprint density at radius 3 is 2.81 bits per heavy atom. The molecule has 1 aromatic carbocycles. The van der Waals surface area contributed by atoms with Crippen LogP contribution < -0.4 is 5.32 Å². The van der Waals surface area contributed by atoms with Gasteiger partial charge in [0.05, 0.1) is 12.7 Å². The third-order valence-electron chi connectivity index (χ3n) is 2.87. The molecule has 88 valence electrons. The second kappa shape index (κ2) is 4.15. The van der Waals surface area contributed by atoms with Crippen molar-refractivity contribution in [2.24, 2.45) is 0 Å². The molecule has 1 N–H and O–H groups in total. The number of rotatable bonds is 1. The molecule has 0 aromatic heterocycles. The Balaban J connectivity index is 2.17. The monoisotopic (exact) mass is 223 g/mol. The summed E-state index contributed by atoms with van der Waals surface area (Å²) in [7, 11) is 0. The van der Waals surface area contributed by atoms with E-state index in [-0.39, 0.29) is 23.5 Å². The Hall–Kier alpha value is -0.930. The average molecular weight is 223 g/mol. The summed E-state index contributed by atoms with van der Waals surface area (Å²) in [5, 5.41) is 3.48. The summed E-state index contributed by atoms with van der Waals surface area (Å²) in [4.78, 5) is 0. The predicted octanol–water partition coefficient (Wildman–Crippen LogP) is 2.65. The number of benzene rings is 1. The SMILES string of the molecule is C[C@@H]1NC(C)(C)CO[C@H]1c1cccc(F)c1. The molecule has 1 aliphatic heterocycles. The molecule has 1 heterocycles. The van der Waals surface area contributed by atoms with Crippen LogP contribution in [0.5, 0.6) is 0 Å². The summed E-state index contributed by atoms with van der Waals surface area (Å²) >= 11 is 0. The van der Waals surface area contributed by atoms with Crippen molar-refractivity contribution in [3.8, 4) is 0 Å². The lowest BCUT2D eigenvalue weighted by molar-refractivity contribution is -0.0496. The number of ether oxygens (including phenoxy) is 1. The summed E-state index contributed by atoms with van der Waals surface area (Å²) in [5.74, 6) is -0.210. The van der Waals surface area contributed by atoms with E-state index in [4.69, 9.17) is 4.74 Å². The van der Waals surface area contributed by atoms with Crippen molar-refractivity contribution in [3.05, 3.63) is 35.6 Å². The molecule has 0 spiro atoms. The average Bonchev–Trinajstić information content (AvgIpc) is 2.15. The quantitative estimate of drug-likeness (QED) is 0.790. The van der Waals surface area contributed by atoms with E-state index in [1.165, 1.54) is 6.07 Å². The highest BCUT2D eigenvalue weighted by molar-refractivity contribution is 5.21. The van der Waals surface area contributed by atoms with Crippen molar-refractivity contribution in [2.45, 2.75) is 38.5 Å². The van der Waals surface area contributed by atoms with Gasteiger partial charge in [0.15, 0.2) is 0 Å². The van der Waals surface area contributed by atoms with E-state index in [9.17, 15) is 4.39 Å². The lowest BCUT2D eigenvalue weighted by atomic mass is 9.96. The van der Waals surface area contributed by atoms with Crippen molar-refractivity contribution in [2.75, 3.05) is 6.61 Å². The highest BCUT2D eigenvalue weighted by atomic mass is 19.1. The number of hydrogen-bond acceptors (Lipinski definition) is 2. The van der Waals surface area contributed by atoms with Gasteiger partial charge in [-0.15, -0.1) is 0 Å². The van der Waals surface area contributed by atoms with Crippen LogP contribution in [-0.2, 0) is 4.74 Å². The summed E-state index contributed by atoms with van der Waals surface area (Å²) in [6.45, 7) is 6.91. The first-order chi connectivity index (χ1) is 7.48. The first kappa shape index (κ1) is 11.6. The lowest BCUT2D eigenvalue weighted by Gasteiger charge is -2.41. The molecule has 0 aliphatic carbocycles. The molecule has 1 saturated heterocycles. The number of hydrogen-bond donors (Lipinski definition) is 1. The molecule has 2 atom stereocenters. The minimum absolute atomic E-state index is 0.0107. The molecule has 1 aliphatic rings. The van der Waals surface area contributed by atoms with Crippen molar-refractivity contribution in [1.29, 1.82) is 0 Å². The van der Waals surface area contributed by atoms with Gasteiger partial charge in [0.25, 0.3) is 0 Å². The zero-order chi connectivity index (χ0) is 11.8.